The van der Waals surface area contributed by atoms with Gasteiger partial charge in [-0.2, -0.15) is 0 Å². The Morgan fingerprint density at radius 2 is 0.571 bits per heavy atom. The standard InChI is InChI=1S/C51H103NO4/c1-3-5-7-9-11-13-15-17-19-21-23-25-27-29-31-33-35-37-39-41-43-45-49(54)48(47-53)52-51(56)50(55)46-44-42-40-38-36-34-32-30-28-26-24-22-20-18-16-14-12-10-8-6-4-2/h48-50,53-55H,3-47H2,1-2H3,(H,52,56). The van der Waals surface area contributed by atoms with Crippen molar-refractivity contribution in [3.05, 3.63) is 0 Å². The van der Waals surface area contributed by atoms with Crippen LogP contribution < -0.4 is 5.32 Å². The molecule has 0 radical (unpaired) electrons. The van der Waals surface area contributed by atoms with Crippen LogP contribution >= 0.6 is 0 Å². The predicted octanol–water partition coefficient (Wildman–Crippen LogP) is 15.4. The van der Waals surface area contributed by atoms with Crippen LogP contribution in [0.2, 0.25) is 0 Å². The fraction of sp³-hybridized carbons (Fsp3) is 0.980. The van der Waals surface area contributed by atoms with Gasteiger partial charge in [0.05, 0.1) is 18.8 Å². The fourth-order valence-electron chi connectivity index (χ4n) is 8.43. The second-order valence-electron chi connectivity index (χ2n) is 18.1. The number of amides is 1. The van der Waals surface area contributed by atoms with Gasteiger partial charge in [-0.1, -0.05) is 284 Å². The number of aliphatic hydroxyl groups is 3. The Morgan fingerprint density at radius 3 is 0.804 bits per heavy atom. The van der Waals surface area contributed by atoms with Crippen LogP contribution in [0.5, 0.6) is 0 Å². The first-order chi connectivity index (χ1) is 27.6. The normalized spacial score (nSPS) is 13.3. The third-order valence-corrected chi connectivity index (χ3v) is 12.5. The Labute approximate surface area is 351 Å². The first kappa shape index (κ1) is 55.4. The van der Waals surface area contributed by atoms with Crippen molar-refractivity contribution >= 4 is 5.91 Å². The average Bonchev–Trinajstić information content (AvgIpc) is 3.20. The highest BCUT2D eigenvalue weighted by Crippen LogP contribution is 2.18. The molecule has 3 unspecified atom stereocenters. The lowest BCUT2D eigenvalue weighted by molar-refractivity contribution is -0.131. The van der Waals surface area contributed by atoms with E-state index in [1.54, 1.807) is 0 Å². The van der Waals surface area contributed by atoms with Gasteiger partial charge in [0.25, 0.3) is 0 Å². The number of hydrogen-bond donors (Lipinski definition) is 4. The fourth-order valence-corrected chi connectivity index (χ4v) is 8.43. The average molecular weight is 794 g/mol. The van der Waals surface area contributed by atoms with Crippen molar-refractivity contribution in [3.8, 4) is 0 Å². The lowest BCUT2D eigenvalue weighted by Crippen LogP contribution is -2.49. The summed E-state index contributed by atoms with van der Waals surface area (Å²) in [6.45, 7) is 4.27. The summed E-state index contributed by atoms with van der Waals surface area (Å²) in [6, 6.07) is -0.707. The lowest BCUT2D eigenvalue weighted by atomic mass is 10.0. The molecule has 0 aliphatic rings. The Kier molecular flexibility index (Phi) is 46.5. The van der Waals surface area contributed by atoms with Crippen LogP contribution in [0.15, 0.2) is 0 Å². The Bertz CT molecular complexity index is 747. The monoisotopic (exact) mass is 794 g/mol. The second-order valence-corrected chi connectivity index (χ2v) is 18.1. The van der Waals surface area contributed by atoms with Crippen molar-refractivity contribution in [1.82, 2.24) is 5.32 Å². The van der Waals surface area contributed by atoms with Gasteiger partial charge in [0.15, 0.2) is 0 Å². The van der Waals surface area contributed by atoms with Gasteiger partial charge in [0.1, 0.15) is 6.10 Å². The van der Waals surface area contributed by atoms with E-state index < -0.39 is 24.2 Å². The molecule has 0 fully saturated rings. The van der Waals surface area contributed by atoms with Gasteiger partial charge in [0, 0.05) is 0 Å². The number of unbranched alkanes of at least 4 members (excludes halogenated alkanes) is 40. The van der Waals surface area contributed by atoms with Crippen molar-refractivity contribution < 1.29 is 20.1 Å². The maximum atomic E-state index is 12.5. The van der Waals surface area contributed by atoms with Crippen LogP contribution in [0, 0.1) is 0 Å². The smallest absolute Gasteiger partial charge is 0.249 e. The second kappa shape index (κ2) is 47.0. The van der Waals surface area contributed by atoms with E-state index in [1.807, 2.05) is 0 Å². The molecule has 0 saturated heterocycles. The van der Waals surface area contributed by atoms with Gasteiger partial charge in [0.2, 0.25) is 5.91 Å². The van der Waals surface area contributed by atoms with E-state index >= 15 is 0 Å². The number of hydrogen-bond acceptors (Lipinski definition) is 4. The number of carbonyl (C=O) groups excluding carboxylic acids is 1. The van der Waals surface area contributed by atoms with E-state index in [0.29, 0.717) is 12.8 Å². The summed E-state index contributed by atoms with van der Waals surface area (Å²) in [5, 5.41) is 33.5. The molecule has 5 heteroatoms. The van der Waals surface area contributed by atoms with E-state index in [4.69, 9.17) is 0 Å². The van der Waals surface area contributed by atoms with Gasteiger partial charge >= 0.3 is 0 Å². The van der Waals surface area contributed by atoms with Crippen molar-refractivity contribution in [2.24, 2.45) is 0 Å². The molecule has 336 valence electrons. The van der Waals surface area contributed by atoms with Crippen LogP contribution in [0.25, 0.3) is 0 Å². The largest absolute Gasteiger partial charge is 0.394 e. The first-order valence-electron chi connectivity index (χ1n) is 25.8. The van der Waals surface area contributed by atoms with Crippen LogP contribution in [0.3, 0.4) is 0 Å². The SMILES string of the molecule is CCCCCCCCCCCCCCCCCCCCCCCC(O)C(=O)NC(CO)C(O)CCCCCCCCCCCCCCCCCCCCCCC. The Balaban J connectivity index is 3.52. The van der Waals surface area contributed by atoms with Gasteiger partial charge in [-0.25, -0.2) is 0 Å². The van der Waals surface area contributed by atoms with Crippen LogP contribution in [-0.2, 0) is 4.79 Å². The summed E-state index contributed by atoms with van der Waals surface area (Å²) in [7, 11) is 0. The van der Waals surface area contributed by atoms with Gasteiger partial charge < -0.3 is 20.6 Å². The molecule has 4 N–H and O–H groups in total. The summed E-state index contributed by atoms with van der Waals surface area (Å²) in [4.78, 5) is 12.5. The molecular weight excluding hydrogens is 691 g/mol. The Morgan fingerprint density at radius 1 is 0.357 bits per heavy atom. The minimum atomic E-state index is -1.07. The van der Waals surface area contributed by atoms with Gasteiger partial charge in [-0.15, -0.1) is 0 Å². The topological polar surface area (TPSA) is 89.8 Å². The first-order valence-corrected chi connectivity index (χ1v) is 25.8. The van der Waals surface area contributed by atoms with Crippen LogP contribution in [-0.4, -0.2) is 46.1 Å². The minimum Gasteiger partial charge on any atom is -0.394 e. The summed E-state index contributed by atoms with van der Waals surface area (Å²) in [5.74, 6) is -0.463. The van der Waals surface area contributed by atoms with Crippen molar-refractivity contribution in [2.45, 2.75) is 315 Å². The van der Waals surface area contributed by atoms with Crippen LogP contribution in [0.1, 0.15) is 296 Å². The maximum absolute atomic E-state index is 12.5. The Hall–Kier alpha value is -0.650. The van der Waals surface area contributed by atoms with E-state index in [1.165, 1.54) is 238 Å². The van der Waals surface area contributed by atoms with Gasteiger partial charge in [-0.05, 0) is 12.8 Å². The van der Waals surface area contributed by atoms with E-state index in [0.717, 1.165) is 32.1 Å². The van der Waals surface area contributed by atoms with E-state index in [9.17, 15) is 20.1 Å². The molecule has 1 amide bonds. The molecule has 0 saturated carbocycles. The number of nitrogens with one attached hydrogen (secondary N) is 1. The zero-order valence-corrected chi connectivity index (χ0v) is 38.3. The molecule has 0 aromatic rings. The molecule has 0 spiro atoms. The zero-order chi connectivity index (χ0) is 40.8. The van der Waals surface area contributed by atoms with Crippen molar-refractivity contribution in [1.29, 1.82) is 0 Å². The van der Waals surface area contributed by atoms with Crippen molar-refractivity contribution in [3.63, 3.8) is 0 Å². The molecule has 0 aliphatic carbocycles. The third kappa shape index (κ3) is 41.5. The summed E-state index contributed by atoms with van der Waals surface area (Å²) in [5.41, 5.74) is 0. The summed E-state index contributed by atoms with van der Waals surface area (Å²) in [6.07, 6.45) is 55.5. The molecule has 0 aromatic carbocycles. The highest BCUT2D eigenvalue weighted by atomic mass is 16.3. The number of aliphatic hydroxyl groups excluding tert-OH is 3. The third-order valence-electron chi connectivity index (χ3n) is 12.5. The molecule has 0 aromatic heterocycles. The zero-order valence-electron chi connectivity index (χ0n) is 38.3. The highest BCUT2D eigenvalue weighted by molar-refractivity contribution is 5.80. The predicted molar refractivity (Wildman–Crippen MR) is 246 cm³/mol. The molecule has 0 heterocycles. The molecule has 0 aliphatic heterocycles. The molecule has 56 heavy (non-hydrogen) atoms. The molecule has 0 bridgehead atoms. The van der Waals surface area contributed by atoms with Crippen molar-refractivity contribution in [2.75, 3.05) is 6.61 Å². The minimum absolute atomic E-state index is 0.307. The number of carbonyl (C=O) groups is 1. The lowest BCUT2D eigenvalue weighted by Gasteiger charge is -2.23. The molecule has 3 atom stereocenters. The number of rotatable bonds is 48. The molecular formula is C51H103NO4. The highest BCUT2D eigenvalue weighted by Gasteiger charge is 2.23. The van der Waals surface area contributed by atoms with Gasteiger partial charge in [-0.3, -0.25) is 4.79 Å². The summed E-state index contributed by atoms with van der Waals surface area (Å²) >= 11 is 0. The van der Waals surface area contributed by atoms with Crippen LogP contribution in [0.4, 0.5) is 0 Å². The maximum Gasteiger partial charge on any atom is 0.249 e. The quantitative estimate of drug-likeness (QED) is 0.0462. The summed E-state index contributed by atoms with van der Waals surface area (Å²) < 4.78 is 0. The van der Waals surface area contributed by atoms with E-state index in [-0.39, 0.29) is 6.61 Å². The van der Waals surface area contributed by atoms with E-state index in [2.05, 4.69) is 19.2 Å². The molecule has 5 nitrogen and oxygen atoms in total. The molecule has 0 rings (SSSR count).